The van der Waals surface area contributed by atoms with Gasteiger partial charge in [0, 0.05) is 18.6 Å². The highest BCUT2D eigenvalue weighted by Crippen LogP contribution is 2.27. The average Bonchev–Trinajstić information content (AvgIpc) is 2.66. The van der Waals surface area contributed by atoms with Crippen LogP contribution in [0.25, 0.3) is 0 Å². The van der Waals surface area contributed by atoms with Crippen molar-refractivity contribution >= 4 is 5.69 Å². The van der Waals surface area contributed by atoms with Gasteiger partial charge in [-0.3, -0.25) is 0 Å². The molecule has 20 heavy (non-hydrogen) atoms. The first-order valence-electron chi connectivity index (χ1n) is 7.75. The van der Waals surface area contributed by atoms with Crippen LogP contribution in [-0.4, -0.2) is 37.2 Å². The van der Waals surface area contributed by atoms with E-state index in [0.717, 1.165) is 11.4 Å². The van der Waals surface area contributed by atoms with Gasteiger partial charge in [-0.2, -0.15) is 0 Å². The van der Waals surface area contributed by atoms with Crippen molar-refractivity contribution in [1.82, 2.24) is 4.90 Å². The number of hydrogen-bond acceptors (Lipinski definition) is 3. The molecule has 0 bridgehead atoms. The van der Waals surface area contributed by atoms with Crippen molar-refractivity contribution in [2.45, 2.75) is 52.1 Å². The Bertz CT molecular complexity index is 431. The minimum absolute atomic E-state index is 0.551. The van der Waals surface area contributed by atoms with Crippen LogP contribution in [0, 0.1) is 6.92 Å². The van der Waals surface area contributed by atoms with Gasteiger partial charge in [0.2, 0.25) is 0 Å². The number of rotatable bonds is 4. The molecule has 1 heterocycles. The largest absolute Gasteiger partial charge is 0.495 e. The van der Waals surface area contributed by atoms with E-state index in [2.05, 4.69) is 49.2 Å². The maximum Gasteiger partial charge on any atom is 0.142 e. The first-order valence-corrected chi connectivity index (χ1v) is 7.75. The van der Waals surface area contributed by atoms with Crippen molar-refractivity contribution < 1.29 is 4.74 Å². The summed E-state index contributed by atoms with van der Waals surface area (Å²) in [4.78, 5) is 2.58. The Morgan fingerprint density at radius 1 is 1.25 bits per heavy atom. The molecule has 0 spiro atoms. The monoisotopic (exact) mass is 276 g/mol. The van der Waals surface area contributed by atoms with Gasteiger partial charge < -0.3 is 15.0 Å². The van der Waals surface area contributed by atoms with Crippen LogP contribution >= 0.6 is 0 Å². The summed E-state index contributed by atoms with van der Waals surface area (Å²) in [6.07, 6.45) is 3.71. The predicted molar refractivity (Wildman–Crippen MR) is 85.7 cm³/mol. The molecule has 0 aliphatic carbocycles. The smallest absolute Gasteiger partial charge is 0.142 e. The zero-order chi connectivity index (χ0) is 14.5. The van der Waals surface area contributed by atoms with Crippen LogP contribution in [0.4, 0.5) is 5.69 Å². The third kappa shape index (κ3) is 3.89. The van der Waals surface area contributed by atoms with Gasteiger partial charge in [0.1, 0.15) is 5.75 Å². The van der Waals surface area contributed by atoms with Crippen molar-refractivity contribution in [3.8, 4) is 5.75 Å². The normalized spacial score (nSPS) is 20.8. The average molecular weight is 276 g/mol. The van der Waals surface area contributed by atoms with Gasteiger partial charge in [-0.05, 0) is 64.3 Å². The first kappa shape index (κ1) is 15.2. The third-order valence-corrected chi connectivity index (χ3v) is 4.21. The van der Waals surface area contributed by atoms with E-state index >= 15 is 0 Å². The van der Waals surface area contributed by atoms with Gasteiger partial charge >= 0.3 is 0 Å². The van der Waals surface area contributed by atoms with Gasteiger partial charge in [0.05, 0.1) is 12.8 Å². The molecule has 112 valence electrons. The van der Waals surface area contributed by atoms with E-state index in [1.54, 1.807) is 7.11 Å². The molecule has 0 amide bonds. The number of benzene rings is 1. The van der Waals surface area contributed by atoms with Crippen molar-refractivity contribution in [2.24, 2.45) is 0 Å². The Kier molecular flexibility index (Phi) is 5.30. The minimum atomic E-state index is 0.551. The zero-order valence-electron chi connectivity index (χ0n) is 13.3. The summed E-state index contributed by atoms with van der Waals surface area (Å²) < 4.78 is 5.49. The van der Waals surface area contributed by atoms with Crippen LogP contribution < -0.4 is 10.1 Å². The third-order valence-electron chi connectivity index (χ3n) is 4.21. The fourth-order valence-corrected chi connectivity index (χ4v) is 2.92. The highest BCUT2D eigenvalue weighted by molar-refractivity contribution is 5.58. The van der Waals surface area contributed by atoms with Crippen molar-refractivity contribution in [3.63, 3.8) is 0 Å². The molecular weight excluding hydrogens is 248 g/mol. The molecule has 1 N–H and O–H groups in total. The number of anilines is 1. The molecular formula is C17H28N2O. The second-order valence-corrected chi connectivity index (χ2v) is 6.11. The van der Waals surface area contributed by atoms with E-state index in [1.807, 2.05) is 0 Å². The lowest BCUT2D eigenvalue weighted by Gasteiger charge is -2.24. The Morgan fingerprint density at radius 3 is 2.75 bits per heavy atom. The second kappa shape index (κ2) is 6.98. The summed E-state index contributed by atoms with van der Waals surface area (Å²) in [5, 5.41) is 3.68. The number of likely N-dealkylation sites (tertiary alicyclic amines) is 1. The number of aryl methyl sites for hydroxylation is 1. The predicted octanol–water partition coefficient (Wildman–Crippen LogP) is 3.68. The van der Waals surface area contributed by atoms with E-state index in [0.29, 0.717) is 12.1 Å². The Morgan fingerprint density at radius 2 is 2.05 bits per heavy atom. The van der Waals surface area contributed by atoms with Crippen LogP contribution in [0.5, 0.6) is 5.75 Å². The molecule has 3 heteroatoms. The van der Waals surface area contributed by atoms with Crippen LogP contribution in [0.3, 0.4) is 0 Å². The van der Waals surface area contributed by atoms with Gasteiger partial charge in [0.15, 0.2) is 0 Å². The number of methoxy groups -OCH3 is 1. The van der Waals surface area contributed by atoms with Gasteiger partial charge in [-0.15, -0.1) is 0 Å². The van der Waals surface area contributed by atoms with Crippen LogP contribution in [0.2, 0.25) is 0 Å². The minimum Gasteiger partial charge on any atom is -0.495 e. The van der Waals surface area contributed by atoms with Crippen LogP contribution in [0.15, 0.2) is 18.2 Å². The molecule has 1 saturated heterocycles. The first-order chi connectivity index (χ1) is 9.60. The van der Waals surface area contributed by atoms with Gasteiger partial charge in [-0.25, -0.2) is 0 Å². The van der Waals surface area contributed by atoms with E-state index < -0.39 is 0 Å². The molecule has 1 aromatic carbocycles. The Hall–Kier alpha value is -1.22. The fraction of sp³-hybridized carbons (Fsp3) is 0.647. The van der Waals surface area contributed by atoms with Crippen LogP contribution in [-0.2, 0) is 0 Å². The highest BCUT2D eigenvalue weighted by Gasteiger charge is 2.19. The molecule has 0 aromatic heterocycles. The molecule has 1 aliphatic heterocycles. The molecule has 3 nitrogen and oxygen atoms in total. The van der Waals surface area contributed by atoms with Gasteiger partial charge in [-0.1, -0.05) is 6.07 Å². The lowest BCUT2D eigenvalue weighted by Crippen LogP contribution is -2.32. The van der Waals surface area contributed by atoms with Crippen molar-refractivity contribution in [1.29, 1.82) is 0 Å². The maximum absolute atomic E-state index is 5.49. The Balaban J connectivity index is 2.00. The summed E-state index contributed by atoms with van der Waals surface area (Å²) in [6, 6.07) is 7.58. The number of nitrogens with one attached hydrogen (secondary N) is 1. The molecule has 1 aliphatic rings. The molecule has 1 unspecified atom stereocenters. The molecule has 1 aromatic rings. The summed E-state index contributed by atoms with van der Waals surface area (Å²) in [7, 11) is 1.74. The number of hydrogen-bond donors (Lipinski definition) is 1. The zero-order valence-corrected chi connectivity index (χ0v) is 13.3. The molecule has 2 rings (SSSR count). The second-order valence-electron chi connectivity index (χ2n) is 6.11. The van der Waals surface area contributed by atoms with Gasteiger partial charge in [0.25, 0.3) is 0 Å². The SMILES string of the molecule is COc1cc(C)ccc1NC1CCCN(C(C)C)CC1. The molecule has 0 radical (unpaired) electrons. The quantitative estimate of drug-likeness (QED) is 0.908. The fourth-order valence-electron chi connectivity index (χ4n) is 2.92. The van der Waals surface area contributed by atoms with E-state index in [1.165, 1.54) is 37.9 Å². The highest BCUT2D eigenvalue weighted by atomic mass is 16.5. The summed E-state index contributed by atoms with van der Waals surface area (Å²) >= 11 is 0. The molecule has 1 fully saturated rings. The number of ether oxygens (including phenoxy) is 1. The summed E-state index contributed by atoms with van der Waals surface area (Å²) in [6.45, 7) is 9.08. The standard InChI is InChI=1S/C17H28N2O/c1-13(2)19-10-5-6-15(9-11-19)18-16-8-7-14(3)12-17(16)20-4/h7-8,12-13,15,18H,5-6,9-11H2,1-4H3. The maximum atomic E-state index is 5.49. The van der Waals surface area contributed by atoms with E-state index in [9.17, 15) is 0 Å². The number of nitrogens with zero attached hydrogens (tertiary/aromatic N) is 1. The summed E-state index contributed by atoms with van der Waals surface area (Å²) in [5.41, 5.74) is 2.36. The van der Waals surface area contributed by atoms with E-state index in [4.69, 9.17) is 4.74 Å². The lowest BCUT2D eigenvalue weighted by molar-refractivity contribution is 0.230. The lowest BCUT2D eigenvalue weighted by atomic mass is 10.1. The molecule has 1 atom stereocenters. The van der Waals surface area contributed by atoms with Crippen LogP contribution in [0.1, 0.15) is 38.7 Å². The topological polar surface area (TPSA) is 24.5 Å². The van der Waals surface area contributed by atoms with Crippen molar-refractivity contribution in [3.05, 3.63) is 23.8 Å². The van der Waals surface area contributed by atoms with E-state index in [-0.39, 0.29) is 0 Å². The van der Waals surface area contributed by atoms with Crippen molar-refractivity contribution in [2.75, 3.05) is 25.5 Å². The Labute approximate surface area is 123 Å². The molecule has 0 saturated carbocycles. The summed E-state index contributed by atoms with van der Waals surface area (Å²) in [5.74, 6) is 0.954.